The maximum Gasteiger partial charge on any atom is 0.253 e. The Morgan fingerprint density at radius 1 is 1.00 bits per heavy atom. The van der Waals surface area contributed by atoms with Gasteiger partial charge in [0.05, 0.1) is 12.5 Å². The lowest BCUT2D eigenvalue weighted by molar-refractivity contribution is -0.122. The van der Waals surface area contributed by atoms with Crippen molar-refractivity contribution in [3.63, 3.8) is 0 Å². The number of likely N-dealkylation sites (tertiary alicyclic amines) is 1. The summed E-state index contributed by atoms with van der Waals surface area (Å²) in [5.41, 5.74) is 1.30. The summed E-state index contributed by atoms with van der Waals surface area (Å²) in [6.07, 6.45) is 0.997. The van der Waals surface area contributed by atoms with Crippen LogP contribution in [0.2, 0.25) is 0 Å². The van der Waals surface area contributed by atoms with E-state index in [2.05, 4.69) is 5.32 Å². The van der Waals surface area contributed by atoms with Crippen LogP contribution in [0, 0.1) is 0 Å². The van der Waals surface area contributed by atoms with Crippen LogP contribution in [0.25, 0.3) is 0 Å². The minimum absolute atomic E-state index is 0.0547. The van der Waals surface area contributed by atoms with Gasteiger partial charge in [0.1, 0.15) is 11.5 Å². The number of nitrogens with one attached hydrogen (secondary N) is 1. The molecule has 2 amide bonds. The number of ether oxygens (including phenoxy) is 2. The molecule has 7 nitrogen and oxygen atoms in total. The van der Waals surface area contributed by atoms with Crippen LogP contribution in [-0.4, -0.2) is 42.0 Å². The van der Waals surface area contributed by atoms with E-state index < -0.39 is 5.41 Å². The summed E-state index contributed by atoms with van der Waals surface area (Å²) < 4.78 is 11.6. The van der Waals surface area contributed by atoms with E-state index in [0.29, 0.717) is 54.4 Å². The average Bonchev–Trinajstić information content (AvgIpc) is 3.09. The molecule has 1 spiro atoms. The molecule has 5 rings (SSSR count). The molecule has 7 heteroatoms. The zero-order valence-electron chi connectivity index (χ0n) is 18.2. The highest BCUT2D eigenvalue weighted by Gasteiger charge is 2.49. The second-order valence-electron chi connectivity index (χ2n) is 8.34. The summed E-state index contributed by atoms with van der Waals surface area (Å²) in [6.45, 7) is 0.873. The Hall–Kier alpha value is -4.00. The molecule has 168 valence electrons. The highest BCUT2D eigenvalue weighted by Crippen LogP contribution is 2.49. The molecular weight excluding hydrogens is 420 g/mol. The lowest BCUT2D eigenvalue weighted by Crippen LogP contribution is -2.48. The number of carbonyl (C=O) groups excluding carboxylic acids is 2. The third-order valence-electron chi connectivity index (χ3n) is 6.47. The summed E-state index contributed by atoms with van der Waals surface area (Å²) in [6, 6.07) is 19.4. The molecule has 0 atom stereocenters. The number of piperidine rings is 1. The van der Waals surface area contributed by atoms with E-state index in [-0.39, 0.29) is 17.6 Å². The van der Waals surface area contributed by atoms with Gasteiger partial charge in [-0.05, 0) is 54.8 Å². The number of carbonyl (C=O) groups is 2. The maximum absolute atomic E-state index is 13.1. The second kappa shape index (κ2) is 8.16. The van der Waals surface area contributed by atoms with E-state index in [4.69, 9.17) is 9.47 Å². The fourth-order valence-corrected chi connectivity index (χ4v) is 4.69. The van der Waals surface area contributed by atoms with E-state index in [9.17, 15) is 14.7 Å². The van der Waals surface area contributed by atoms with Crippen molar-refractivity contribution in [1.82, 2.24) is 4.90 Å². The lowest BCUT2D eigenvalue weighted by Gasteiger charge is -2.38. The molecule has 33 heavy (non-hydrogen) atoms. The number of hydrogen-bond donors (Lipinski definition) is 2. The number of rotatable bonds is 4. The van der Waals surface area contributed by atoms with Crippen molar-refractivity contribution >= 4 is 17.5 Å². The lowest BCUT2D eigenvalue weighted by atomic mass is 9.73. The molecule has 1 saturated heterocycles. The van der Waals surface area contributed by atoms with Gasteiger partial charge in [0.2, 0.25) is 5.91 Å². The van der Waals surface area contributed by atoms with Crippen LogP contribution in [-0.2, 0) is 10.2 Å². The molecule has 2 aliphatic rings. The largest absolute Gasteiger partial charge is 0.508 e. The predicted octanol–water partition coefficient (Wildman–Crippen LogP) is 4.32. The highest BCUT2D eigenvalue weighted by atomic mass is 16.5. The SMILES string of the molecule is COc1cc2c(cc1Oc1ccccc1)NC(=O)C21CCN(C(=O)c2cccc(O)c2)CC1. The number of para-hydroxylation sites is 1. The molecule has 2 aliphatic heterocycles. The van der Waals surface area contributed by atoms with Crippen LogP contribution in [0.4, 0.5) is 5.69 Å². The molecule has 3 aromatic carbocycles. The molecule has 0 bridgehead atoms. The van der Waals surface area contributed by atoms with Crippen LogP contribution in [0.5, 0.6) is 23.0 Å². The molecule has 2 heterocycles. The minimum atomic E-state index is -0.719. The standard InChI is InChI=1S/C26H24N2O5/c1-32-22-15-20-21(16-23(22)33-19-8-3-2-4-9-19)27-25(31)26(20)10-12-28(13-11-26)24(30)17-6-5-7-18(29)14-17/h2-9,14-16,29H,10-13H2,1H3,(H,27,31). The molecule has 1 fully saturated rings. The van der Waals surface area contributed by atoms with E-state index in [1.54, 1.807) is 30.2 Å². The topological polar surface area (TPSA) is 88.1 Å². The first-order chi connectivity index (χ1) is 16.0. The van der Waals surface area contributed by atoms with Crippen molar-refractivity contribution < 1.29 is 24.2 Å². The van der Waals surface area contributed by atoms with Crippen LogP contribution in [0.15, 0.2) is 66.7 Å². The number of phenols is 1. The van der Waals surface area contributed by atoms with Crippen molar-refractivity contribution in [2.75, 3.05) is 25.5 Å². The first-order valence-corrected chi connectivity index (χ1v) is 10.9. The Labute approximate surface area is 191 Å². The van der Waals surface area contributed by atoms with Gasteiger partial charge in [0.15, 0.2) is 11.5 Å². The fourth-order valence-electron chi connectivity index (χ4n) is 4.69. The highest BCUT2D eigenvalue weighted by molar-refractivity contribution is 6.07. The molecule has 0 aliphatic carbocycles. The van der Waals surface area contributed by atoms with Crippen molar-refractivity contribution in [3.8, 4) is 23.0 Å². The van der Waals surface area contributed by atoms with Crippen molar-refractivity contribution in [1.29, 1.82) is 0 Å². The summed E-state index contributed by atoms with van der Waals surface area (Å²) in [4.78, 5) is 27.7. The van der Waals surface area contributed by atoms with E-state index in [1.165, 1.54) is 12.1 Å². The zero-order chi connectivity index (χ0) is 23.0. The number of benzene rings is 3. The van der Waals surface area contributed by atoms with E-state index >= 15 is 0 Å². The van der Waals surface area contributed by atoms with E-state index in [1.807, 2.05) is 36.4 Å². The van der Waals surface area contributed by atoms with Gasteiger partial charge in [-0.25, -0.2) is 0 Å². The maximum atomic E-state index is 13.1. The normalized spacial score (nSPS) is 16.3. The molecule has 0 saturated carbocycles. The Kier molecular flexibility index (Phi) is 5.17. The molecule has 0 radical (unpaired) electrons. The minimum Gasteiger partial charge on any atom is -0.508 e. The van der Waals surface area contributed by atoms with Crippen LogP contribution in [0.1, 0.15) is 28.8 Å². The number of nitrogens with zero attached hydrogens (tertiary/aromatic N) is 1. The van der Waals surface area contributed by atoms with Crippen molar-refractivity contribution in [2.24, 2.45) is 0 Å². The summed E-state index contributed by atoms with van der Waals surface area (Å²) in [5, 5.41) is 12.7. The Bertz CT molecular complexity index is 1220. The Morgan fingerprint density at radius 3 is 2.45 bits per heavy atom. The van der Waals surface area contributed by atoms with Crippen LogP contribution in [0.3, 0.4) is 0 Å². The Balaban J connectivity index is 1.40. The van der Waals surface area contributed by atoms with Crippen molar-refractivity contribution in [2.45, 2.75) is 18.3 Å². The predicted molar refractivity (Wildman–Crippen MR) is 123 cm³/mol. The summed E-state index contributed by atoms with van der Waals surface area (Å²) in [5.74, 6) is 1.58. The van der Waals surface area contributed by atoms with Gasteiger partial charge in [-0.15, -0.1) is 0 Å². The van der Waals surface area contributed by atoms with Gasteiger partial charge in [-0.3, -0.25) is 9.59 Å². The number of phenolic OH excluding ortho intramolecular Hbond substituents is 1. The number of anilines is 1. The molecular formula is C26H24N2O5. The molecule has 2 N–H and O–H groups in total. The smallest absolute Gasteiger partial charge is 0.253 e. The van der Waals surface area contributed by atoms with Crippen LogP contribution >= 0.6 is 0 Å². The number of methoxy groups -OCH3 is 1. The second-order valence-corrected chi connectivity index (χ2v) is 8.34. The van der Waals surface area contributed by atoms with Gasteiger partial charge in [0, 0.05) is 30.4 Å². The summed E-state index contributed by atoms with van der Waals surface area (Å²) in [7, 11) is 1.58. The van der Waals surface area contributed by atoms with Gasteiger partial charge >= 0.3 is 0 Å². The van der Waals surface area contributed by atoms with Gasteiger partial charge in [-0.2, -0.15) is 0 Å². The number of fused-ring (bicyclic) bond motifs is 2. The number of aromatic hydroxyl groups is 1. The first kappa shape index (κ1) is 20.9. The van der Waals surface area contributed by atoms with Crippen LogP contribution < -0.4 is 14.8 Å². The molecule has 3 aromatic rings. The zero-order valence-corrected chi connectivity index (χ0v) is 18.2. The fraction of sp³-hybridized carbons (Fsp3) is 0.231. The van der Waals surface area contributed by atoms with E-state index in [0.717, 1.165) is 5.56 Å². The average molecular weight is 444 g/mol. The third-order valence-corrected chi connectivity index (χ3v) is 6.47. The van der Waals surface area contributed by atoms with Gasteiger partial charge in [-0.1, -0.05) is 24.3 Å². The molecule has 0 aromatic heterocycles. The number of hydrogen-bond acceptors (Lipinski definition) is 5. The molecule has 0 unspecified atom stereocenters. The third kappa shape index (κ3) is 3.65. The first-order valence-electron chi connectivity index (χ1n) is 10.9. The van der Waals surface area contributed by atoms with Crippen molar-refractivity contribution in [3.05, 3.63) is 77.9 Å². The quantitative estimate of drug-likeness (QED) is 0.626. The van der Waals surface area contributed by atoms with Gasteiger partial charge in [0.25, 0.3) is 5.91 Å². The summed E-state index contributed by atoms with van der Waals surface area (Å²) >= 11 is 0. The van der Waals surface area contributed by atoms with Gasteiger partial charge < -0.3 is 24.8 Å². The monoisotopic (exact) mass is 444 g/mol. The number of amides is 2. The Morgan fingerprint density at radius 2 is 1.76 bits per heavy atom.